The van der Waals surface area contributed by atoms with Crippen LogP contribution in [0.25, 0.3) is 0 Å². The molecule has 1 rings (SSSR count). The lowest BCUT2D eigenvalue weighted by Gasteiger charge is -2.36. The Hall–Kier alpha value is -0.970. The average Bonchev–Trinajstić information content (AvgIpc) is 2.43. The SMILES string of the molecule is CCCNc1cc(N(C)C(C)(C)CC)nc(SC)n1. The van der Waals surface area contributed by atoms with Crippen LogP contribution in [0.5, 0.6) is 0 Å². The van der Waals surface area contributed by atoms with E-state index in [4.69, 9.17) is 0 Å². The van der Waals surface area contributed by atoms with Crippen LogP contribution in [0.2, 0.25) is 0 Å². The fraction of sp³-hybridized carbons (Fsp3) is 0.714. The maximum absolute atomic E-state index is 4.61. The van der Waals surface area contributed by atoms with E-state index in [-0.39, 0.29) is 5.54 Å². The maximum Gasteiger partial charge on any atom is 0.191 e. The van der Waals surface area contributed by atoms with E-state index >= 15 is 0 Å². The molecule has 0 spiro atoms. The highest BCUT2D eigenvalue weighted by atomic mass is 32.2. The summed E-state index contributed by atoms with van der Waals surface area (Å²) in [6.45, 7) is 9.74. The number of thioether (sulfide) groups is 1. The number of hydrogen-bond acceptors (Lipinski definition) is 5. The molecule has 1 aromatic heterocycles. The monoisotopic (exact) mass is 282 g/mol. The van der Waals surface area contributed by atoms with E-state index in [1.165, 1.54) is 0 Å². The van der Waals surface area contributed by atoms with Crippen LogP contribution in [0.3, 0.4) is 0 Å². The molecule has 0 aliphatic heterocycles. The predicted octanol–water partition coefficient (Wildman–Crippen LogP) is 3.65. The van der Waals surface area contributed by atoms with E-state index in [0.717, 1.165) is 36.2 Å². The summed E-state index contributed by atoms with van der Waals surface area (Å²) in [4.78, 5) is 11.3. The quantitative estimate of drug-likeness (QED) is 0.611. The van der Waals surface area contributed by atoms with Crippen molar-refractivity contribution in [2.45, 2.75) is 51.2 Å². The lowest BCUT2D eigenvalue weighted by Crippen LogP contribution is -2.41. The van der Waals surface area contributed by atoms with Gasteiger partial charge in [0, 0.05) is 25.2 Å². The molecule has 5 heteroatoms. The van der Waals surface area contributed by atoms with E-state index in [2.05, 4.69) is 54.9 Å². The Morgan fingerprint density at radius 3 is 2.53 bits per heavy atom. The molecule has 0 amide bonds. The lowest BCUT2D eigenvalue weighted by molar-refractivity contribution is 0.466. The number of aromatic nitrogens is 2. The smallest absolute Gasteiger partial charge is 0.191 e. The Morgan fingerprint density at radius 1 is 1.32 bits per heavy atom. The van der Waals surface area contributed by atoms with Gasteiger partial charge in [-0.3, -0.25) is 0 Å². The molecular weight excluding hydrogens is 256 g/mol. The molecule has 0 bridgehead atoms. The van der Waals surface area contributed by atoms with Gasteiger partial charge < -0.3 is 10.2 Å². The molecule has 19 heavy (non-hydrogen) atoms. The van der Waals surface area contributed by atoms with Gasteiger partial charge in [0.2, 0.25) is 0 Å². The molecule has 0 unspecified atom stereocenters. The number of nitrogens with zero attached hydrogens (tertiary/aromatic N) is 3. The molecule has 1 N–H and O–H groups in total. The summed E-state index contributed by atoms with van der Waals surface area (Å²) >= 11 is 1.58. The van der Waals surface area contributed by atoms with E-state index in [1.54, 1.807) is 11.8 Å². The zero-order chi connectivity index (χ0) is 14.5. The third-order valence-corrected chi connectivity index (χ3v) is 4.10. The number of hydrogen-bond donors (Lipinski definition) is 1. The molecule has 0 aliphatic carbocycles. The Balaban J connectivity index is 3.05. The predicted molar refractivity (Wildman–Crippen MR) is 85.4 cm³/mol. The minimum Gasteiger partial charge on any atom is -0.370 e. The topological polar surface area (TPSA) is 41.0 Å². The van der Waals surface area contributed by atoms with Crippen molar-refractivity contribution in [2.75, 3.05) is 30.1 Å². The Bertz CT molecular complexity index is 406. The standard InChI is InChI=1S/C14H26N4S/c1-7-9-15-11-10-12(17-13(16-11)19-6)18(5)14(3,4)8-2/h10H,7-9H2,1-6H3,(H,15,16,17). The Labute approximate surface area is 121 Å². The molecule has 4 nitrogen and oxygen atoms in total. The number of rotatable bonds is 7. The van der Waals surface area contributed by atoms with E-state index in [9.17, 15) is 0 Å². The molecular formula is C14H26N4S. The van der Waals surface area contributed by atoms with E-state index in [1.807, 2.05) is 12.3 Å². The first-order chi connectivity index (χ1) is 8.94. The minimum atomic E-state index is 0.0893. The molecule has 0 radical (unpaired) electrons. The largest absolute Gasteiger partial charge is 0.370 e. The van der Waals surface area contributed by atoms with Gasteiger partial charge in [-0.15, -0.1) is 0 Å². The average molecular weight is 282 g/mol. The van der Waals surface area contributed by atoms with Gasteiger partial charge in [-0.25, -0.2) is 9.97 Å². The Kier molecular flexibility index (Phi) is 5.91. The second kappa shape index (κ2) is 6.98. The van der Waals surface area contributed by atoms with Gasteiger partial charge in [0.05, 0.1) is 0 Å². The van der Waals surface area contributed by atoms with Crippen molar-refractivity contribution < 1.29 is 0 Å². The first-order valence-electron chi connectivity index (χ1n) is 6.85. The van der Waals surface area contributed by atoms with Crippen LogP contribution >= 0.6 is 11.8 Å². The summed E-state index contributed by atoms with van der Waals surface area (Å²) in [6.07, 6.45) is 4.16. The Morgan fingerprint density at radius 2 is 2.00 bits per heavy atom. The first-order valence-corrected chi connectivity index (χ1v) is 8.07. The van der Waals surface area contributed by atoms with Crippen LogP contribution in [0.15, 0.2) is 11.2 Å². The van der Waals surface area contributed by atoms with E-state index in [0.29, 0.717) is 0 Å². The van der Waals surface area contributed by atoms with Crippen LogP contribution in [-0.4, -0.2) is 35.4 Å². The van der Waals surface area contributed by atoms with Crippen molar-refractivity contribution in [3.05, 3.63) is 6.07 Å². The molecule has 0 saturated heterocycles. The van der Waals surface area contributed by atoms with Gasteiger partial charge in [0.15, 0.2) is 5.16 Å². The molecule has 0 saturated carbocycles. The molecule has 1 heterocycles. The van der Waals surface area contributed by atoms with Gasteiger partial charge in [-0.05, 0) is 32.9 Å². The van der Waals surface area contributed by atoms with Gasteiger partial charge in [0.25, 0.3) is 0 Å². The third kappa shape index (κ3) is 4.27. The minimum absolute atomic E-state index is 0.0893. The van der Waals surface area contributed by atoms with Gasteiger partial charge in [-0.2, -0.15) is 0 Å². The zero-order valence-electron chi connectivity index (χ0n) is 12.9. The van der Waals surface area contributed by atoms with Crippen LogP contribution in [0.4, 0.5) is 11.6 Å². The van der Waals surface area contributed by atoms with Crippen molar-refractivity contribution in [1.82, 2.24) is 9.97 Å². The van der Waals surface area contributed by atoms with Gasteiger partial charge in [0.1, 0.15) is 11.6 Å². The van der Waals surface area contributed by atoms with Crippen molar-refractivity contribution >= 4 is 23.4 Å². The first kappa shape index (κ1) is 16.1. The second-order valence-corrected chi connectivity index (χ2v) is 6.02. The normalized spacial score (nSPS) is 11.5. The molecule has 108 valence electrons. The summed E-state index contributed by atoms with van der Waals surface area (Å²) < 4.78 is 0. The van der Waals surface area contributed by atoms with E-state index < -0.39 is 0 Å². The summed E-state index contributed by atoms with van der Waals surface area (Å²) in [5.41, 5.74) is 0.0893. The summed E-state index contributed by atoms with van der Waals surface area (Å²) in [5.74, 6) is 1.89. The highest BCUT2D eigenvalue weighted by Crippen LogP contribution is 2.26. The molecule has 0 fully saturated rings. The highest BCUT2D eigenvalue weighted by Gasteiger charge is 2.23. The van der Waals surface area contributed by atoms with Crippen LogP contribution in [0, 0.1) is 0 Å². The summed E-state index contributed by atoms with van der Waals surface area (Å²) in [6, 6.07) is 2.03. The lowest BCUT2D eigenvalue weighted by atomic mass is 10.0. The fourth-order valence-electron chi connectivity index (χ4n) is 1.57. The van der Waals surface area contributed by atoms with Crippen molar-refractivity contribution in [3.63, 3.8) is 0 Å². The summed E-state index contributed by atoms with van der Waals surface area (Å²) in [7, 11) is 2.10. The summed E-state index contributed by atoms with van der Waals surface area (Å²) in [5, 5.41) is 4.16. The van der Waals surface area contributed by atoms with Crippen LogP contribution < -0.4 is 10.2 Å². The number of anilines is 2. The molecule has 0 aromatic carbocycles. The van der Waals surface area contributed by atoms with Gasteiger partial charge >= 0.3 is 0 Å². The second-order valence-electron chi connectivity index (χ2n) is 5.25. The fourth-order valence-corrected chi connectivity index (χ4v) is 1.94. The van der Waals surface area contributed by atoms with Crippen molar-refractivity contribution in [2.24, 2.45) is 0 Å². The number of nitrogens with one attached hydrogen (secondary N) is 1. The van der Waals surface area contributed by atoms with Crippen LogP contribution in [-0.2, 0) is 0 Å². The molecule has 0 aliphatic rings. The van der Waals surface area contributed by atoms with Crippen molar-refractivity contribution in [1.29, 1.82) is 0 Å². The third-order valence-electron chi connectivity index (χ3n) is 3.55. The zero-order valence-corrected chi connectivity index (χ0v) is 13.8. The maximum atomic E-state index is 4.61. The molecule has 0 atom stereocenters. The highest BCUT2D eigenvalue weighted by molar-refractivity contribution is 7.98. The van der Waals surface area contributed by atoms with Crippen LogP contribution in [0.1, 0.15) is 40.5 Å². The van der Waals surface area contributed by atoms with Gasteiger partial charge in [-0.1, -0.05) is 25.6 Å². The van der Waals surface area contributed by atoms with Crippen molar-refractivity contribution in [3.8, 4) is 0 Å². The molecule has 1 aromatic rings.